The number of aliphatic hydroxyl groups is 1. The number of aromatic nitrogens is 3. The van der Waals surface area contributed by atoms with Crippen molar-refractivity contribution in [1.29, 1.82) is 0 Å². The number of aldehydes is 1. The highest BCUT2D eigenvalue weighted by Crippen LogP contribution is 2.45. The number of ether oxygens (including phenoxy) is 1. The molecule has 0 fully saturated rings. The molecule has 0 saturated carbocycles. The number of nitrogens with two attached hydrogens (primary N) is 1. The van der Waals surface area contributed by atoms with Crippen LogP contribution in [-0.4, -0.2) is 33.1 Å². The molecular weight excluding hydrogens is 376 g/mol. The maximum atomic E-state index is 12.1. The van der Waals surface area contributed by atoms with Gasteiger partial charge in [0.2, 0.25) is 0 Å². The number of aryl methyl sites for hydroxylation is 1. The Labute approximate surface area is 165 Å². The average Bonchev–Trinajstić information content (AvgIpc) is 3.19. The van der Waals surface area contributed by atoms with E-state index in [1.807, 2.05) is 19.1 Å². The first-order valence-corrected chi connectivity index (χ1v) is 9.49. The summed E-state index contributed by atoms with van der Waals surface area (Å²) in [5, 5.41) is 16.0. The van der Waals surface area contributed by atoms with Crippen molar-refractivity contribution >= 4 is 39.0 Å². The number of nitrogens with zero attached hydrogens (tertiary/aromatic N) is 3. The number of thiophene rings is 1. The fourth-order valence-corrected chi connectivity index (χ4v) is 4.82. The summed E-state index contributed by atoms with van der Waals surface area (Å²) >= 11 is 1.50. The van der Waals surface area contributed by atoms with Crippen LogP contribution in [0.25, 0.3) is 26.0 Å². The van der Waals surface area contributed by atoms with Gasteiger partial charge in [0.05, 0.1) is 17.5 Å². The van der Waals surface area contributed by atoms with Crippen LogP contribution in [0.2, 0.25) is 0 Å². The summed E-state index contributed by atoms with van der Waals surface area (Å²) in [6.45, 7) is 5.23. The zero-order valence-electron chi connectivity index (χ0n) is 16.0. The summed E-state index contributed by atoms with van der Waals surface area (Å²) in [6, 6.07) is 6.03. The molecule has 0 atom stereocenters. The number of hydrogen-bond acceptors (Lipinski definition) is 7. The molecule has 8 heteroatoms. The molecule has 0 aliphatic carbocycles. The van der Waals surface area contributed by atoms with E-state index >= 15 is 0 Å². The van der Waals surface area contributed by atoms with E-state index < -0.39 is 5.60 Å². The van der Waals surface area contributed by atoms with Crippen LogP contribution < -0.4 is 10.5 Å². The van der Waals surface area contributed by atoms with Crippen LogP contribution in [0.1, 0.15) is 35.5 Å². The van der Waals surface area contributed by atoms with E-state index in [-0.39, 0.29) is 5.82 Å². The fourth-order valence-electron chi connectivity index (χ4n) is 3.62. The van der Waals surface area contributed by atoms with Gasteiger partial charge >= 0.3 is 0 Å². The van der Waals surface area contributed by atoms with Gasteiger partial charge in [-0.15, -0.1) is 11.3 Å². The summed E-state index contributed by atoms with van der Waals surface area (Å²) in [5.41, 5.74) is 7.78. The molecule has 4 aromatic rings. The van der Waals surface area contributed by atoms with Crippen LogP contribution in [0, 0.1) is 6.92 Å². The molecule has 0 aliphatic heterocycles. The zero-order valence-corrected chi connectivity index (χ0v) is 16.8. The second kappa shape index (κ2) is 6.29. The van der Waals surface area contributed by atoms with Crippen LogP contribution in [0.15, 0.2) is 24.5 Å². The lowest BCUT2D eigenvalue weighted by molar-refractivity contribution is 0.0703. The molecule has 144 valence electrons. The minimum atomic E-state index is -1.30. The van der Waals surface area contributed by atoms with Crippen LogP contribution >= 0.6 is 11.3 Å². The number of methoxy groups -OCH3 is 1. The molecule has 0 bridgehead atoms. The standard InChI is InChI=1S/C20H20N4O3S/c1-10-5-11-7-14(28-17(11)13(6-10)27-4)15-12(8-25)18(20(2,3)26)24-16(15)19(21)22-9-23-24/h5-9,26H,1-4H3,(H2,21,22,23). The van der Waals surface area contributed by atoms with E-state index in [0.29, 0.717) is 22.3 Å². The molecule has 3 aromatic heterocycles. The minimum Gasteiger partial charge on any atom is -0.495 e. The fraction of sp³-hybridized carbons (Fsp3) is 0.250. The second-order valence-corrected chi connectivity index (χ2v) is 8.27. The maximum absolute atomic E-state index is 12.1. The van der Waals surface area contributed by atoms with Gasteiger partial charge in [0.25, 0.3) is 0 Å². The first-order valence-electron chi connectivity index (χ1n) is 8.68. The molecule has 3 heterocycles. The number of carbonyl (C=O) groups is 1. The maximum Gasteiger partial charge on any atom is 0.152 e. The summed E-state index contributed by atoms with van der Waals surface area (Å²) < 4.78 is 8.01. The predicted molar refractivity (Wildman–Crippen MR) is 110 cm³/mol. The number of fused-ring (bicyclic) bond motifs is 2. The molecule has 0 aliphatic rings. The quantitative estimate of drug-likeness (QED) is 0.512. The Bertz CT molecular complexity index is 1230. The van der Waals surface area contributed by atoms with Crippen molar-refractivity contribution in [3.05, 3.63) is 41.3 Å². The molecule has 0 saturated heterocycles. The highest BCUT2D eigenvalue weighted by molar-refractivity contribution is 7.22. The molecule has 28 heavy (non-hydrogen) atoms. The number of hydrogen-bond donors (Lipinski definition) is 2. The van der Waals surface area contributed by atoms with Crippen molar-refractivity contribution in [2.75, 3.05) is 12.8 Å². The lowest BCUT2D eigenvalue weighted by Crippen LogP contribution is -2.21. The number of carbonyl (C=O) groups excluding carboxylic acids is 1. The van der Waals surface area contributed by atoms with Crippen molar-refractivity contribution < 1.29 is 14.6 Å². The van der Waals surface area contributed by atoms with Gasteiger partial charge in [0.15, 0.2) is 12.1 Å². The highest BCUT2D eigenvalue weighted by Gasteiger charge is 2.31. The van der Waals surface area contributed by atoms with Crippen molar-refractivity contribution in [3.8, 4) is 16.2 Å². The van der Waals surface area contributed by atoms with E-state index in [2.05, 4.69) is 16.1 Å². The third kappa shape index (κ3) is 2.64. The minimum absolute atomic E-state index is 0.240. The Hall–Kier alpha value is -2.97. The van der Waals surface area contributed by atoms with Crippen LogP contribution in [0.5, 0.6) is 5.75 Å². The van der Waals surface area contributed by atoms with Gasteiger partial charge in [-0.3, -0.25) is 4.79 Å². The van der Waals surface area contributed by atoms with Gasteiger partial charge in [-0.25, -0.2) is 9.50 Å². The molecule has 7 nitrogen and oxygen atoms in total. The zero-order chi connectivity index (χ0) is 20.2. The Balaban J connectivity index is 2.15. The Morgan fingerprint density at radius 3 is 2.71 bits per heavy atom. The molecule has 1 aromatic carbocycles. The molecule has 0 amide bonds. The van der Waals surface area contributed by atoms with E-state index in [9.17, 15) is 9.90 Å². The summed E-state index contributed by atoms with van der Waals surface area (Å²) in [7, 11) is 1.64. The normalized spacial score (nSPS) is 12.0. The number of nitrogen functional groups attached to an aromatic ring is 1. The predicted octanol–water partition coefficient (Wildman–Crippen LogP) is 3.55. The first kappa shape index (κ1) is 18.4. The van der Waals surface area contributed by atoms with Crippen molar-refractivity contribution in [1.82, 2.24) is 14.6 Å². The number of benzene rings is 1. The van der Waals surface area contributed by atoms with Gasteiger partial charge in [0, 0.05) is 16.0 Å². The van der Waals surface area contributed by atoms with Gasteiger partial charge in [-0.1, -0.05) is 6.07 Å². The molecule has 0 radical (unpaired) electrons. The molecule has 0 spiro atoms. The van der Waals surface area contributed by atoms with Crippen LogP contribution in [0.4, 0.5) is 5.82 Å². The summed E-state index contributed by atoms with van der Waals surface area (Å²) in [6.07, 6.45) is 2.05. The Morgan fingerprint density at radius 1 is 1.32 bits per heavy atom. The van der Waals surface area contributed by atoms with Gasteiger partial charge in [-0.2, -0.15) is 5.10 Å². The SMILES string of the molecule is COc1cc(C)cc2cc(-c3c(C=O)c(C(C)(C)O)n4ncnc(N)c34)sc12. The summed E-state index contributed by atoms with van der Waals surface area (Å²) in [4.78, 5) is 17.0. The number of anilines is 1. The molecule has 0 unspecified atom stereocenters. The largest absolute Gasteiger partial charge is 0.495 e. The van der Waals surface area contributed by atoms with Crippen LogP contribution in [-0.2, 0) is 5.60 Å². The Morgan fingerprint density at radius 2 is 2.07 bits per heavy atom. The van der Waals surface area contributed by atoms with Crippen molar-refractivity contribution in [3.63, 3.8) is 0 Å². The second-order valence-electron chi connectivity index (χ2n) is 7.22. The summed E-state index contributed by atoms with van der Waals surface area (Å²) in [5.74, 6) is 1.01. The Kier molecular flexibility index (Phi) is 4.13. The topological polar surface area (TPSA) is 103 Å². The van der Waals surface area contributed by atoms with Crippen LogP contribution in [0.3, 0.4) is 0 Å². The van der Waals surface area contributed by atoms with Gasteiger partial charge in [0.1, 0.15) is 23.2 Å². The molecular formula is C20H20N4O3S. The number of rotatable bonds is 4. The average molecular weight is 396 g/mol. The monoisotopic (exact) mass is 396 g/mol. The highest BCUT2D eigenvalue weighted by atomic mass is 32.1. The lowest BCUT2D eigenvalue weighted by atomic mass is 9.99. The van der Waals surface area contributed by atoms with Gasteiger partial charge < -0.3 is 15.6 Å². The van der Waals surface area contributed by atoms with Crippen molar-refractivity contribution in [2.45, 2.75) is 26.4 Å². The van der Waals surface area contributed by atoms with E-state index in [1.54, 1.807) is 21.0 Å². The van der Waals surface area contributed by atoms with E-state index in [4.69, 9.17) is 10.5 Å². The smallest absolute Gasteiger partial charge is 0.152 e. The first-order chi connectivity index (χ1) is 13.3. The van der Waals surface area contributed by atoms with E-state index in [0.717, 1.165) is 32.6 Å². The third-order valence-electron chi connectivity index (χ3n) is 4.68. The molecule has 3 N–H and O–H groups in total. The molecule has 4 rings (SSSR count). The van der Waals surface area contributed by atoms with Crippen molar-refractivity contribution in [2.24, 2.45) is 0 Å². The lowest BCUT2D eigenvalue weighted by Gasteiger charge is -2.17. The third-order valence-corrected chi connectivity index (χ3v) is 5.86. The van der Waals surface area contributed by atoms with E-state index in [1.165, 1.54) is 22.2 Å². The van der Waals surface area contributed by atoms with Gasteiger partial charge in [-0.05, 0) is 43.9 Å².